The van der Waals surface area contributed by atoms with E-state index in [4.69, 9.17) is 14.2 Å². The van der Waals surface area contributed by atoms with E-state index in [-0.39, 0.29) is 0 Å². The van der Waals surface area contributed by atoms with Gasteiger partial charge in [-0.15, -0.1) is 9.24 Å². The zero-order valence-corrected chi connectivity index (χ0v) is 11.9. The molecule has 4 heteroatoms. The molecule has 1 aromatic carbocycles. The molecule has 0 saturated carbocycles. The van der Waals surface area contributed by atoms with Gasteiger partial charge in [0, 0.05) is 0 Å². The van der Waals surface area contributed by atoms with Crippen molar-refractivity contribution in [2.75, 3.05) is 19.8 Å². The van der Waals surface area contributed by atoms with Crippen LogP contribution in [0.15, 0.2) is 12.1 Å². The first-order chi connectivity index (χ1) is 8.26. The Bertz CT molecular complexity index is 326. The van der Waals surface area contributed by atoms with E-state index in [1.807, 2.05) is 32.9 Å². The van der Waals surface area contributed by atoms with Crippen LogP contribution in [0.5, 0.6) is 17.2 Å². The molecule has 1 rings (SSSR count). The molecule has 0 aromatic heterocycles. The average Bonchev–Trinajstić information content (AvgIpc) is 2.33. The quantitative estimate of drug-likeness (QED) is 0.701. The van der Waals surface area contributed by atoms with Crippen LogP contribution in [0.4, 0.5) is 0 Å². The van der Waals surface area contributed by atoms with Gasteiger partial charge in [0.2, 0.25) is 5.75 Å². The van der Waals surface area contributed by atoms with Crippen LogP contribution in [0.25, 0.3) is 0 Å². The lowest BCUT2D eigenvalue weighted by molar-refractivity contribution is 0.260. The molecule has 0 fully saturated rings. The molecule has 0 radical (unpaired) electrons. The van der Waals surface area contributed by atoms with Crippen molar-refractivity contribution in [2.45, 2.75) is 26.9 Å². The molecule has 17 heavy (non-hydrogen) atoms. The Morgan fingerprint density at radius 1 is 0.882 bits per heavy atom. The maximum Gasteiger partial charge on any atom is 0.203 e. The minimum atomic E-state index is 0.598. The van der Waals surface area contributed by atoms with Crippen LogP contribution in [0, 0.1) is 0 Å². The number of hydrogen-bond acceptors (Lipinski definition) is 3. The average molecular weight is 256 g/mol. The summed E-state index contributed by atoms with van der Waals surface area (Å²) in [5, 5.41) is 0. The summed E-state index contributed by atoms with van der Waals surface area (Å²) in [5.74, 6) is 2.23. The molecule has 0 saturated heterocycles. The summed E-state index contributed by atoms with van der Waals surface area (Å²) < 4.78 is 16.8. The molecular weight excluding hydrogens is 235 g/mol. The van der Waals surface area contributed by atoms with Gasteiger partial charge in [0.15, 0.2) is 11.5 Å². The smallest absolute Gasteiger partial charge is 0.203 e. The fourth-order valence-corrected chi connectivity index (χ4v) is 1.80. The maximum absolute atomic E-state index is 5.62. The van der Waals surface area contributed by atoms with Gasteiger partial charge < -0.3 is 14.2 Å². The standard InChI is InChI=1S/C13H21O3P/c1-4-14-11-7-10(9-17)8-12(15-5-2)13(11)16-6-3/h7-8H,4-6,9,17H2,1-3H3. The normalized spacial score (nSPS) is 10.1. The number of ether oxygens (including phenoxy) is 3. The molecule has 96 valence electrons. The number of benzene rings is 1. The van der Waals surface area contributed by atoms with Gasteiger partial charge in [-0.25, -0.2) is 0 Å². The summed E-state index contributed by atoms with van der Waals surface area (Å²) in [6.07, 6.45) is 0.868. The van der Waals surface area contributed by atoms with E-state index in [2.05, 4.69) is 9.24 Å². The zero-order valence-electron chi connectivity index (χ0n) is 10.8. The second kappa shape index (κ2) is 7.39. The van der Waals surface area contributed by atoms with E-state index in [1.54, 1.807) is 0 Å². The third kappa shape index (κ3) is 3.78. The predicted octanol–water partition coefficient (Wildman–Crippen LogP) is 3.26. The third-order valence-corrected chi connectivity index (χ3v) is 2.68. The van der Waals surface area contributed by atoms with Crippen molar-refractivity contribution in [2.24, 2.45) is 0 Å². The predicted molar refractivity (Wildman–Crippen MR) is 73.4 cm³/mol. The van der Waals surface area contributed by atoms with Gasteiger partial charge in [0.1, 0.15) is 0 Å². The highest BCUT2D eigenvalue weighted by molar-refractivity contribution is 7.15. The molecule has 0 heterocycles. The van der Waals surface area contributed by atoms with Crippen LogP contribution >= 0.6 is 9.24 Å². The van der Waals surface area contributed by atoms with Gasteiger partial charge in [-0.1, -0.05) is 0 Å². The molecule has 0 aliphatic rings. The molecule has 1 aromatic rings. The van der Waals surface area contributed by atoms with Gasteiger partial charge in [-0.05, 0) is 44.6 Å². The van der Waals surface area contributed by atoms with E-state index in [1.165, 1.54) is 0 Å². The van der Waals surface area contributed by atoms with E-state index in [9.17, 15) is 0 Å². The highest BCUT2D eigenvalue weighted by Gasteiger charge is 2.14. The van der Waals surface area contributed by atoms with Crippen LogP contribution < -0.4 is 14.2 Å². The van der Waals surface area contributed by atoms with Crippen LogP contribution in [-0.4, -0.2) is 19.8 Å². The second-order valence-electron chi connectivity index (χ2n) is 3.42. The summed E-state index contributed by atoms with van der Waals surface area (Å²) in [7, 11) is 2.70. The van der Waals surface area contributed by atoms with Crippen molar-refractivity contribution in [3.05, 3.63) is 17.7 Å². The minimum Gasteiger partial charge on any atom is -0.490 e. The number of rotatable bonds is 7. The van der Waals surface area contributed by atoms with E-state index in [0.29, 0.717) is 25.6 Å². The summed E-state index contributed by atoms with van der Waals surface area (Å²) in [4.78, 5) is 0. The topological polar surface area (TPSA) is 27.7 Å². The maximum atomic E-state index is 5.62. The first-order valence-electron chi connectivity index (χ1n) is 6.02. The zero-order chi connectivity index (χ0) is 12.7. The van der Waals surface area contributed by atoms with Gasteiger partial charge in [0.05, 0.1) is 19.8 Å². The monoisotopic (exact) mass is 256 g/mol. The Morgan fingerprint density at radius 3 is 1.71 bits per heavy atom. The Morgan fingerprint density at radius 2 is 1.35 bits per heavy atom. The summed E-state index contributed by atoms with van der Waals surface area (Å²) >= 11 is 0. The summed E-state index contributed by atoms with van der Waals surface area (Å²) in [6, 6.07) is 4.01. The fourth-order valence-electron chi connectivity index (χ4n) is 1.56. The first-order valence-corrected chi connectivity index (χ1v) is 6.83. The van der Waals surface area contributed by atoms with Crippen LogP contribution in [-0.2, 0) is 6.16 Å². The molecule has 0 bridgehead atoms. The lowest BCUT2D eigenvalue weighted by Crippen LogP contribution is -2.03. The second-order valence-corrected chi connectivity index (χ2v) is 3.83. The number of hydrogen-bond donors (Lipinski definition) is 0. The fraction of sp³-hybridized carbons (Fsp3) is 0.538. The third-order valence-electron chi connectivity index (χ3n) is 2.20. The van der Waals surface area contributed by atoms with Gasteiger partial charge >= 0.3 is 0 Å². The van der Waals surface area contributed by atoms with E-state index in [0.717, 1.165) is 23.2 Å². The molecule has 3 nitrogen and oxygen atoms in total. The van der Waals surface area contributed by atoms with Crippen molar-refractivity contribution >= 4 is 9.24 Å². The molecule has 0 aliphatic heterocycles. The SMILES string of the molecule is CCOc1cc(CP)cc(OCC)c1OCC. The van der Waals surface area contributed by atoms with Crippen molar-refractivity contribution in [3.8, 4) is 17.2 Å². The molecule has 0 amide bonds. The van der Waals surface area contributed by atoms with Gasteiger partial charge in [-0.3, -0.25) is 0 Å². The first kappa shape index (κ1) is 14.1. The molecule has 0 aliphatic carbocycles. The molecular formula is C13H21O3P. The summed E-state index contributed by atoms with van der Waals surface area (Å²) in [5.41, 5.74) is 1.16. The van der Waals surface area contributed by atoms with Crippen LogP contribution in [0.2, 0.25) is 0 Å². The highest BCUT2D eigenvalue weighted by atomic mass is 31.0. The summed E-state index contributed by atoms with van der Waals surface area (Å²) in [6.45, 7) is 7.71. The minimum absolute atomic E-state index is 0.598. The van der Waals surface area contributed by atoms with Gasteiger partial charge in [0.25, 0.3) is 0 Å². The van der Waals surface area contributed by atoms with E-state index < -0.39 is 0 Å². The van der Waals surface area contributed by atoms with Crippen molar-refractivity contribution in [1.29, 1.82) is 0 Å². The molecule has 1 unspecified atom stereocenters. The van der Waals surface area contributed by atoms with Crippen molar-refractivity contribution in [3.63, 3.8) is 0 Å². The highest BCUT2D eigenvalue weighted by Crippen LogP contribution is 2.39. The Kier molecular flexibility index (Phi) is 6.13. The lowest BCUT2D eigenvalue weighted by Gasteiger charge is -2.16. The Balaban J connectivity index is 3.16. The molecule has 0 N–H and O–H groups in total. The largest absolute Gasteiger partial charge is 0.490 e. The van der Waals surface area contributed by atoms with Gasteiger partial charge in [-0.2, -0.15) is 0 Å². The van der Waals surface area contributed by atoms with Crippen LogP contribution in [0.3, 0.4) is 0 Å². The Labute approximate surface area is 106 Å². The van der Waals surface area contributed by atoms with Crippen molar-refractivity contribution in [1.82, 2.24) is 0 Å². The van der Waals surface area contributed by atoms with E-state index >= 15 is 0 Å². The van der Waals surface area contributed by atoms with Crippen LogP contribution in [0.1, 0.15) is 26.3 Å². The molecule has 1 atom stereocenters. The lowest BCUT2D eigenvalue weighted by atomic mass is 10.2. The Hall–Kier alpha value is -0.950. The molecule has 0 spiro atoms. The van der Waals surface area contributed by atoms with Crippen molar-refractivity contribution < 1.29 is 14.2 Å².